The van der Waals surface area contributed by atoms with E-state index in [1.165, 1.54) is 17.0 Å². The standard InChI is InChI=1S/C11H14Cl2N2O2/c1-11(2,17)6-15(3)10(16)7-4-8(12)14-9(13)5-7/h4-5,17H,6H2,1-3H3. The first-order chi connectivity index (χ1) is 7.69. The second kappa shape index (κ2) is 5.21. The number of halogens is 2. The van der Waals surface area contributed by atoms with E-state index in [-0.39, 0.29) is 22.8 Å². The van der Waals surface area contributed by atoms with Crippen LogP contribution >= 0.6 is 23.2 Å². The van der Waals surface area contributed by atoms with E-state index in [1.54, 1.807) is 20.9 Å². The zero-order valence-corrected chi connectivity index (χ0v) is 11.4. The van der Waals surface area contributed by atoms with E-state index in [2.05, 4.69) is 4.98 Å². The zero-order valence-electron chi connectivity index (χ0n) is 9.87. The van der Waals surface area contributed by atoms with Crippen molar-refractivity contribution in [2.75, 3.05) is 13.6 Å². The quantitative estimate of drug-likeness (QED) is 0.862. The number of carbonyl (C=O) groups excluding carboxylic acids is 1. The average molecular weight is 277 g/mol. The van der Waals surface area contributed by atoms with E-state index in [4.69, 9.17) is 23.2 Å². The molecule has 0 saturated heterocycles. The molecule has 4 nitrogen and oxygen atoms in total. The largest absolute Gasteiger partial charge is 0.389 e. The number of nitrogens with zero attached hydrogens (tertiary/aromatic N) is 2. The number of likely N-dealkylation sites (N-methyl/N-ethyl adjacent to an activating group) is 1. The summed E-state index contributed by atoms with van der Waals surface area (Å²) in [5, 5.41) is 9.96. The Morgan fingerprint density at radius 3 is 2.29 bits per heavy atom. The molecule has 1 heterocycles. The maximum absolute atomic E-state index is 12.0. The Morgan fingerprint density at radius 2 is 1.88 bits per heavy atom. The highest BCUT2D eigenvalue weighted by atomic mass is 35.5. The molecule has 0 aromatic carbocycles. The Labute approximate surface area is 110 Å². The molecule has 0 fully saturated rings. The highest BCUT2D eigenvalue weighted by Gasteiger charge is 2.21. The Hall–Kier alpha value is -0.840. The molecular weight excluding hydrogens is 263 g/mol. The normalized spacial score (nSPS) is 11.4. The van der Waals surface area contributed by atoms with Crippen LogP contribution in [-0.2, 0) is 0 Å². The van der Waals surface area contributed by atoms with Gasteiger partial charge in [-0.3, -0.25) is 4.79 Å². The lowest BCUT2D eigenvalue weighted by molar-refractivity contribution is 0.0368. The average Bonchev–Trinajstić information content (AvgIpc) is 2.12. The number of aromatic nitrogens is 1. The van der Waals surface area contributed by atoms with E-state index in [9.17, 15) is 9.90 Å². The van der Waals surface area contributed by atoms with Crippen molar-refractivity contribution in [1.29, 1.82) is 0 Å². The molecule has 1 N–H and O–H groups in total. The third kappa shape index (κ3) is 4.50. The van der Waals surface area contributed by atoms with Crippen LogP contribution in [0.25, 0.3) is 0 Å². The second-order valence-corrected chi connectivity index (χ2v) is 5.25. The lowest BCUT2D eigenvalue weighted by Gasteiger charge is -2.25. The minimum absolute atomic E-state index is 0.164. The molecule has 0 unspecified atom stereocenters. The molecule has 94 valence electrons. The monoisotopic (exact) mass is 276 g/mol. The van der Waals surface area contributed by atoms with Crippen LogP contribution in [0.15, 0.2) is 12.1 Å². The van der Waals surface area contributed by atoms with Crippen LogP contribution in [-0.4, -0.2) is 40.1 Å². The van der Waals surface area contributed by atoms with Gasteiger partial charge in [-0.1, -0.05) is 23.2 Å². The van der Waals surface area contributed by atoms with Gasteiger partial charge in [0, 0.05) is 19.2 Å². The first kappa shape index (κ1) is 14.2. The van der Waals surface area contributed by atoms with Gasteiger partial charge in [0.1, 0.15) is 10.3 Å². The summed E-state index contributed by atoms with van der Waals surface area (Å²) in [6.07, 6.45) is 0. The molecule has 17 heavy (non-hydrogen) atoms. The molecule has 1 aromatic rings. The molecule has 1 amide bonds. The van der Waals surface area contributed by atoms with Gasteiger partial charge in [-0.2, -0.15) is 0 Å². The predicted molar refractivity (Wildman–Crippen MR) is 67.5 cm³/mol. The summed E-state index contributed by atoms with van der Waals surface area (Å²) in [5.41, 5.74) is -0.605. The molecule has 0 bridgehead atoms. The fraction of sp³-hybridized carbons (Fsp3) is 0.455. The fourth-order valence-electron chi connectivity index (χ4n) is 1.46. The van der Waals surface area contributed by atoms with Crippen LogP contribution in [0, 0.1) is 0 Å². The van der Waals surface area contributed by atoms with Crippen molar-refractivity contribution >= 4 is 29.1 Å². The molecule has 1 aromatic heterocycles. The summed E-state index contributed by atoms with van der Waals surface area (Å²) < 4.78 is 0. The molecular formula is C11H14Cl2N2O2. The number of amides is 1. The lowest BCUT2D eigenvalue weighted by atomic mass is 10.1. The third-order valence-corrected chi connectivity index (χ3v) is 2.37. The van der Waals surface area contributed by atoms with Gasteiger partial charge in [0.05, 0.1) is 5.60 Å². The number of hydrogen-bond acceptors (Lipinski definition) is 3. The Bertz CT molecular complexity index is 410. The molecule has 6 heteroatoms. The van der Waals surface area contributed by atoms with Gasteiger partial charge >= 0.3 is 0 Å². The molecule has 0 radical (unpaired) electrons. The van der Waals surface area contributed by atoms with Gasteiger partial charge in [-0.25, -0.2) is 4.98 Å². The molecule has 0 aliphatic rings. The van der Waals surface area contributed by atoms with Crippen molar-refractivity contribution in [1.82, 2.24) is 9.88 Å². The number of rotatable bonds is 3. The zero-order chi connectivity index (χ0) is 13.2. The smallest absolute Gasteiger partial charge is 0.253 e. The van der Waals surface area contributed by atoms with Gasteiger partial charge < -0.3 is 10.0 Å². The molecule has 0 aliphatic heterocycles. The van der Waals surface area contributed by atoms with Crippen LogP contribution < -0.4 is 0 Å². The summed E-state index contributed by atoms with van der Waals surface area (Å²) in [7, 11) is 1.60. The Kier molecular flexibility index (Phi) is 4.36. The number of hydrogen-bond donors (Lipinski definition) is 1. The van der Waals surface area contributed by atoms with Gasteiger partial charge in [-0.05, 0) is 26.0 Å². The van der Waals surface area contributed by atoms with E-state index in [0.717, 1.165) is 0 Å². The van der Waals surface area contributed by atoms with E-state index >= 15 is 0 Å². The van der Waals surface area contributed by atoms with Crippen molar-refractivity contribution in [3.05, 3.63) is 28.0 Å². The maximum Gasteiger partial charge on any atom is 0.253 e. The van der Waals surface area contributed by atoms with Crippen molar-refractivity contribution in [3.8, 4) is 0 Å². The van der Waals surface area contributed by atoms with E-state index < -0.39 is 5.60 Å². The van der Waals surface area contributed by atoms with Gasteiger partial charge in [0.15, 0.2) is 0 Å². The summed E-state index contributed by atoms with van der Waals surface area (Å²) >= 11 is 11.4. The first-order valence-electron chi connectivity index (χ1n) is 5.00. The third-order valence-electron chi connectivity index (χ3n) is 1.98. The van der Waals surface area contributed by atoms with Crippen LogP contribution in [0.5, 0.6) is 0 Å². The van der Waals surface area contributed by atoms with Crippen LogP contribution in [0.4, 0.5) is 0 Å². The van der Waals surface area contributed by atoms with Crippen molar-refractivity contribution in [2.24, 2.45) is 0 Å². The van der Waals surface area contributed by atoms with Gasteiger partial charge in [-0.15, -0.1) is 0 Å². The minimum atomic E-state index is -0.953. The molecule has 0 atom stereocenters. The predicted octanol–water partition coefficient (Wildman–Crippen LogP) is 2.23. The maximum atomic E-state index is 12.0. The van der Waals surface area contributed by atoms with E-state index in [1.807, 2.05) is 0 Å². The number of aliphatic hydroxyl groups is 1. The Balaban J connectivity index is 2.89. The lowest BCUT2D eigenvalue weighted by Crippen LogP contribution is -2.39. The van der Waals surface area contributed by atoms with Crippen molar-refractivity contribution < 1.29 is 9.90 Å². The van der Waals surface area contributed by atoms with Crippen molar-refractivity contribution in [2.45, 2.75) is 19.4 Å². The van der Waals surface area contributed by atoms with Crippen LogP contribution in [0.2, 0.25) is 10.3 Å². The number of carbonyl (C=O) groups is 1. The fourth-order valence-corrected chi connectivity index (χ4v) is 1.92. The highest BCUT2D eigenvalue weighted by Crippen LogP contribution is 2.16. The van der Waals surface area contributed by atoms with Gasteiger partial charge in [0.2, 0.25) is 0 Å². The number of pyridine rings is 1. The first-order valence-corrected chi connectivity index (χ1v) is 5.75. The molecule has 0 saturated carbocycles. The van der Waals surface area contributed by atoms with Gasteiger partial charge in [0.25, 0.3) is 5.91 Å². The summed E-state index contributed by atoms with van der Waals surface area (Å²) in [5.74, 6) is -0.265. The summed E-state index contributed by atoms with van der Waals surface area (Å²) in [6, 6.07) is 2.88. The van der Waals surface area contributed by atoms with Crippen LogP contribution in [0.1, 0.15) is 24.2 Å². The summed E-state index contributed by atoms with van der Waals surface area (Å²) in [6.45, 7) is 3.47. The molecule has 1 rings (SSSR count). The second-order valence-electron chi connectivity index (χ2n) is 4.47. The SMILES string of the molecule is CN(CC(C)(C)O)C(=O)c1cc(Cl)nc(Cl)c1. The Morgan fingerprint density at radius 1 is 1.41 bits per heavy atom. The summed E-state index contributed by atoms with van der Waals surface area (Å²) in [4.78, 5) is 17.2. The molecule has 0 aliphatic carbocycles. The minimum Gasteiger partial charge on any atom is -0.389 e. The highest BCUT2D eigenvalue weighted by molar-refractivity contribution is 6.33. The van der Waals surface area contributed by atoms with E-state index in [0.29, 0.717) is 5.56 Å². The van der Waals surface area contributed by atoms with Crippen molar-refractivity contribution in [3.63, 3.8) is 0 Å². The topological polar surface area (TPSA) is 53.4 Å². The van der Waals surface area contributed by atoms with Crippen LogP contribution in [0.3, 0.4) is 0 Å². The molecule has 0 spiro atoms.